The molecule has 0 heterocycles. The highest BCUT2D eigenvalue weighted by atomic mass is 79.9. The molecule has 1 aliphatic rings. The molecule has 0 radical (unpaired) electrons. The number of hydrogen-bond donors (Lipinski definition) is 2. The lowest BCUT2D eigenvalue weighted by atomic mass is 9.88. The van der Waals surface area contributed by atoms with E-state index in [1.165, 1.54) is 0 Å². The van der Waals surface area contributed by atoms with Crippen LogP contribution in [0.25, 0.3) is 0 Å². The number of benzene rings is 1. The third-order valence-corrected chi connectivity index (χ3v) is 6.60. The molecule has 0 aromatic heterocycles. The van der Waals surface area contributed by atoms with E-state index in [2.05, 4.69) is 27.6 Å². The summed E-state index contributed by atoms with van der Waals surface area (Å²) in [6, 6.07) is 0.896. The van der Waals surface area contributed by atoms with Crippen LogP contribution in [0.5, 0.6) is 0 Å². The number of sulfonamides is 1. The molecular formula is C13H17BrClFN2O2S. The summed E-state index contributed by atoms with van der Waals surface area (Å²) in [6.45, 7) is 2.08. The standard InChI is InChI=1S/C13H17BrClFN2O2S/c1-7-3-2-4-8(5-7)18-21(19,20)10-6-9(15)11(14)13(17)12(10)16/h6-8,18H,2-5,17H2,1H3. The van der Waals surface area contributed by atoms with Gasteiger partial charge in [0, 0.05) is 6.04 Å². The maximum Gasteiger partial charge on any atom is 0.243 e. The van der Waals surface area contributed by atoms with E-state index in [0.29, 0.717) is 5.92 Å². The van der Waals surface area contributed by atoms with Crippen molar-refractivity contribution in [3.63, 3.8) is 0 Å². The second kappa shape index (κ2) is 6.40. The van der Waals surface area contributed by atoms with Crippen LogP contribution in [0, 0.1) is 11.7 Å². The number of rotatable bonds is 3. The van der Waals surface area contributed by atoms with Gasteiger partial charge in [-0.15, -0.1) is 0 Å². The molecule has 1 aromatic rings. The number of nitrogens with two attached hydrogens (primary N) is 1. The zero-order valence-corrected chi connectivity index (χ0v) is 14.7. The molecule has 21 heavy (non-hydrogen) atoms. The van der Waals surface area contributed by atoms with Crippen LogP contribution in [0.3, 0.4) is 0 Å². The van der Waals surface area contributed by atoms with Crippen molar-refractivity contribution in [1.82, 2.24) is 4.72 Å². The Morgan fingerprint density at radius 2 is 2.14 bits per heavy atom. The molecule has 1 saturated carbocycles. The Bertz CT molecular complexity index is 654. The fourth-order valence-corrected chi connectivity index (χ4v) is 4.58. The second-order valence-electron chi connectivity index (χ2n) is 5.49. The monoisotopic (exact) mass is 398 g/mol. The average molecular weight is 400 g/mol. The quantitative estimate of drug-likeness (QED) is 0.601. The van der Waals surface area contributed by atoms with Crippen molar-refractivity contribution in [3.05, 3.63) is 21.4 Å². The summed E-state index contributed by atoms with van der Waals surface area (Å²) in [7, 11) is -3.99. The van der Waals surface area contributed by atoms with E-state index in [1.54, 1.807) is 0 Å². The average Bonchev–Trinajstić information content (AvgIpc) is 2.40. The number of halogens is 3. The first-order valence-corrected chi connectivity index (χ1v) is 9.33. The van der Waals surface area contributed by atoms with E-state index in [0.717, 1.165) is 31.7 Å². The minimum Gasteiger partial charge on any atom is -0.395 e. The van der Waals surface area contributed by atoms with Gasteiger partial charge in [-0.25, -0.2) is 17.5 Å². The van der Waals surface area contributed by atoms with Crippen LogP contribution in [-0.2, 0) is 10.0 Å². The molecule has 1 aromatic carbocycles. The molecule has 0 amide bonds. The Morgan fingerprint density at radius 3 is 2.76 bits per heavy atom. The topological polar surface area (TPSA) is 72.2 Å². The van der Waals surface area contributed by atoms with Gasteiger partial charge in [0.15, 0.2) is 5.82 Å². The molecular weight excluding hydrogens is 383 g/mol. The maximum absolute atomic E-state index is 14.1. The van der Waals surface area contributed by atoms with E-state index in [-0.39, 0.29) is 21.2 Å². The first-order valence-electron chi connectivity index (χ1n) is 6.67. The minimum absolute atomic E-state index is 0.0614. The third-order valence-electron chi connectivity index (χ3n) is 3.70. The number of hydrogen-bond acceptors (Lipinski definition) is 3. The van der Waals surface area contributed by atoms with Crippen molar-refractivity contribution in [1.29, 1.82) is 0 Å². The minimum atomic E-state index is -3.99. The summed E-state index contributed by atoms with van der Waals surface area (Å²) in [5.41, 5.74) is 5.23. The Balaban J connectivity index is 2.32. The smallest absolute Gasteiger partial charge is 0.243 e. The first-order chi connectivity index (χ1) is 9.72. The van der Waals surface area contributed by atoms with Crippen LogP contribution in [0.4, 0.5) is 10.1 Å². The van der Waals surface area contributed by atoms with Gasteiger partial charge in [-0.1, -0.05) is 31.4 Å². The first kappa shape index (κ1) is 17.0. The summed E-state index contributed by atoms with van der Waals surface area (Å²) in [4.78, 5) is -0.508. The number of nitrogens with one attached hydrogen (secondary N) is 1. The molecule has 4 nitrogen and oxygen atoms in total. The van der Waals surface area contributed by atoms with Crippen molar-refractivity contribution < 1.29 is 12.8 Å². The fraction of sp³-hybridized carbons (Fsp3) is 0.538. The van der Waals surface area contributed by atoms with Gasteiger partial charge in [-0.05, 0) is 40.8 Å². The predicted molar refractivity (Wildman–Crippen MR) is 85.3 cm³/mol. The summed E-state index contributed by atoms with van der Waals surface area (Å²) in [5.74, 6) is -0.530. The SMILES string of the molecule is CC1CCCC(NS(=O)(=O)c2cc(Cl)c(Br)c(N)c2F)C1. The second-order valence-corrected chi connectivity index (χ2v) is 8.37. The van der Waals surface area contributed by atoms with Gasteiger partial charge >= 0.3 is 0 Å². The zero-order chi connectivity index (χ0) is 15.8. The Morgan fingerprint density at radius 1 is 1.48 bits per heavy atom. The van der Waals surface area contributed by atoms with E-state index in [1.807, 2.05) is 0 Å². The largest absolute Gasteiger partial charge is 0.395 e. The van der Waals surface area contributed by atoms with E-state index < -0.39 is 20.7 Å². The van der Waals surface area contributed by atoms with Crippen molar-refractivity contribution in [3.8, 4) is 0 Å². The molecule has 0 saturated heterocycles. The molecule has 0 bridgehead atoms. The summed E-state index contributed by atoms with van der Waals surface area (Å²) >= 11 is 8.90. The van der Waals surface area contributed by atoms with Crippen LogP contribution in [-0.4, -0.2) is 14.5 Å². The van der Waals surface area contributed by atoms with Gasteiger partial charge < -0.3 is 5.73 Å². The number of anilines is 1. The molecule has 2 atom stereocenters. The van der Waals surface area contributed by atoms with Crippen LogP contribution in [0.15, 0.2) is 15.4 Å². The Kier molecular flexibility index (Phi) is 5.18. The molecule has 0 aliphatic heterocycles. The predicted octanol–water partition coefficient (Wildman–Crippen LogP) is 3.68. The van der Waals surface area contributed by atoms with Crippen molar-refractivity contribution in [2.24, 2.45) is 5.92 Å². The summed E-state index contributed by atoms with van der Waals surface area (Å²) < 4.78 is 41.6. The highest BCUT2D eigenvalue weighted by Crippen LogP contribution is 2.35. The number of nitrogen functional groups attached to an aromatic ring is 1. The molecule has 1 aliphatic carbocycles. The van der Waals surface area contributed by atoms with Crippen LogP contribution in [0.1, 0.15) is 32.6 Å². The lowest BCUT2D eigenvalue weighted by Crippen LogP contribution is -2.38. The lowest BCUT2D eigenvalue weighted by Gasteiger charge is -2.27. The lowest BCUT2D eigenvalue weighted by molar-refractivity contribution is 0.327. The molecule has 2 unspecified atom stereocenters. The Hall–Kier alpha value is -0.370. The normalized spacial score (nSPS) is 23.2. The van der Waals surface area contributed by atoms with E-state index >= 15 is 0 Å². The fourth-order valence-electron chi connectivity index (χ4n) is 2.62. The molecule has 3 N–H and O–H groups in total. The van der Waals surface area contributed by atoms with Crippen molar-refractivity contribution in [2.45, 2.75) is 43.5 Å². The van der Waals surface area contributed by atoms with E-state index in [4.69, 9.17) is 17.3 Å². The third kappa shape index (κ3) is 3.70. The molecule has 1 fully saturated rings. The zero-order valence-electron chi connectivity index (χ0n) is 11.5. The molecule has 118 valence electrons. The van der Waals surface area contributed by atoms with Crippen LogP contribution >= 0.6 is 27.5 Å². The van der Waals surface area contributed by atoms with Crippen molar-refractivity contribution in [2.75, 3.05) is 5.73 Å². The van der Waals surface area contributed by atoms with E-state index in [9.17, 15) is 12.8 Å². The molecule has 2 rings (SSSR count). The Labute approximate surface area is 137 Å². The molecule has 0 spiro atoms. The highest BCUT2D eigenvalue weighted by molar-refractivity contribution is 9.10. The van der Waals surface area contributed by atoms with Gasteiger partial charge in [0.2, 0.25) is 10.0 Å². The van der Waals surface area contributed by atoms with Gasteiger partial charge in [0.05, 0.1) is 15.2 Å². The van der Waals surface area contributed by atoms with Gasteiger partial charge in [-0.3, -0.25) is 0 Å². The van der Waals surface area contributed by atoms with Gasteiger partial charge in [0.25, 0.3) is 0 Å². The summed E-state index contributed by atoms with van der Waals surface area (Å²) in [6.07, 6.45) is 3.55. The van der Waals surface area contributed by atoms with Gasteiger partial charge in [-0.2, -0.15) is 0 Å². The molecule has 8 heteroatoms. The maximum atomic E-state index is 14.1. The van der Waals surface area contributed by atoms with Crippen LogP contribution < -0.4 is 10.5 Å². The van der Waals surface area contributed by atoms with Crippen LogP contribution in [0.2, 0.25) is 5.02 Å². The highest BCUT2D eigenvalue weighted by Gasteiger charge is 2.28. The van der Waals surface area contributed by atoms with Gasteiger partial charge in [0.1, 0.15) is 4.90 Å². The van der Waals surface area contributed by atoms with Crippen molar-refractivity contribution >= 4 is 43.2 Å². The summed E-state index contributed by atoms with van der Waals surface area (Å²) in [5, 5.41) is 0.0614.